The van der Waals surface area contributed by atoms with Crippen molar-refractivity contribution in [1.82, 2.24) is 4.98 Å². The quantitative estimate of drug-likeness (QED) is 0.849. The number of hydrogen-bond donors (Lipinski definition) is 1. The molecule has 1 amide bonds. The van der Waals surface area contributed by atoms with Crippen LogP contribution in [0, 0.1) is 0 Å². The van der Waals surface area contributed by atoms with Gasteiger partial charge in [0.15, 0.2) is 18.5 Å². The van der Waals surface area contributed by atoms with Gasteiger partial charge < -0.3 is 14.2 Å². The highest BCUT2D eigenvalue weighted by atomic mass is 16.6. The minimum atomic E-state index is -0.840. The molecule has 130 valence electrons. The van der Waals surface area contributed by atoms with Gasteiger partial charge in [0.25, 0.3) is 0 Å². The van der Waals surface area contributed by atoms with Crippen molar-refractivity contribution in [1.29, 1.82) is 0 Å². The van der Waals surface area contributed by atoms with Crippen LogP contribution >= 0.6 is 0 Å². The molecule has 0 saturated carbocycles. The summed E-state index contributed by atoms with van der Waals surface area (Å²) in [6, 6.07) is 2.54. The normalized spacial score (nSPS) is 19.5. The SMILES string of the molecule is CCOC(=O)[C@H]1N=CO[C@H]1c1cccnc1NC(=O)OC(C)(C)C. The number of aliphatic imine (C=N–C) groups is 1. The van der Waals surface area contributed by atoms with E-state index in [1.54, 1.807) is 39.8 Å². The maximum atomic E-state index is 12.0. The molecule has 1 aromatic rings. The van der Waals surface area contributed by atoms with Crippen molar-refractivity contribution in [2.24, 2.45) is 4.99 Å². The molecule has 0 spiro atoms. The summed E-state index contributed by atoms with van der Waals surface area (Å²) in [5.41, 5.74) is -0.127. The molecule has 0 bridgehead atoms. The Bertz CT molecular complexity index is 639. The summed E-state index contributed by atoms with van der Waals surface area (Å²) in [4.78, 5) is 32.1. The number of nitrogens with one attached hydrogen (secondary N) is 1. The van der Waals surface area contributed by atoms with Crippen molar-refractivity contribution in [2.75, 3.05) is 11.9 Å². The van der Waals surface area contributed by atoms with E-state index in [-0.39, 0.29) is 12.4 Å². The number of ether oxygens (including phenoxy) is 3. The summed E-state index contributed by atoms with van der Waals surface area (Å²) in [6.07, 6.45) is 1.36. The summed E-state index contributed by atoms with van der Waals surface area (Å²) < 4.78 is 15.6. The summed E-state index contributed by atoms with van der Waals surface area (Å²) in [6.45, 7) is 7.24. The Kier molecular flexibility index (Phi) is 5.38. The van der Waals surface area contributed by atoms with Crippen molar-refractivity contribution < 1.29 is 23.8 Å². The number of rotatable bonds is 4. The smallest absolute Gasteiger partial charge is 0.413 e. The summed E-state index contributed by atoms with van der Waals surface area (Å²) in [5, 5.41) is 2.58. The third kappa shape index (κ3) is 4.43. The molecule has 1 N–H and O–H groups in total. The number of amides is 1. The van der Waals surface area contributed by atoms with E-state index in [9.17, 15) is 9.59 Å². The van der Waals surface area contributed by atoms with E-state index in [2.05, 4.69) is 15.3 Å². The molecule has 0 aliphatic carbocycles. The number of aromatic nitrogens is 1. The Morgan fingerprint density at radius 1 is 1.38 bits per heavy atom. The Morgan fingerprint density at radius 2 is 2.12 bits per heavy atom. The molecule has 2 atom stereocenters. The van der Waals surface area contributed by atoms with E-state index < -0.39 is 29.8 Å². The van der Waals surface area contributed by atoms with Crippen LogP contribution in [0.2, 0.25) is 0 Å². The molecule has 1 aliphatic rings. The molecule has 0 unspecified atom stereocenters. The predicted molar refractivity (Wildman–Crippen MR) is 86.8 cm³/mol. The van der Waals surface area contributed by atoms with Gasteiger partial charge in [-0.2, -0.15) is 0 Å². The number of esters is 1. The fourth-order valence-corrected chi connectivity index (χ4v) is 2.13. The third-order valence-corrected chi connectivity index (χ3v) is 3.01. The Hall–Kier alpha value is -2.64. The fourth-order valence-electron chi connectivity index (χ4n) is 2.13. The predicted octanol–water partition coefficient (Wildman–Crippen LogP) is 2.46. The molecule has 0 aromatic carbocycles. The highest BCUT2D eigenvalue weighted by molar-refractivity contribution is 5.86. The van der Waals surface area contributed by atoms with Crippen LogP contribution in [-0.2, 0) is 19.0 Å². The summed E-state index contributed by atoms with van der Waals surface area (Å²) >= 11 is 0. The zero-order valence-corrected chi connectivity index (χ0v) is 14.1. The molecular weight excluding hydrogens is 314 g/mol. The van der Waals surface area contributed by atoms with Gasteiger partial charge in [-0.25, -0.2) is 19.6 Å². The molecule has 0 radical (unpaired) electrons. The second-order valence-electron chi connectivity index (χ2n) is 6.08. The molecule has 8 nitrogen and oxygen atoms in total. The summed E-state index contributed by atoms with van der Waals surface area (Å²) in [7, 11) is 0. The molecule has 1 aromatic heterocycles. The first-order valence-corrected chi connectivity index (χ1v) is 7.60. The molecule has 8 heteroatoms. The van der Waals surface area contributed by atoms with E-state index >= 15 is 0 Å². The van der Waals surface area contributed by atoms with E-state index in [1.807, 2.05) is 0 Å². The number of nitrogens with zero attached hydrogens (tertiary/aromatic N) is 2. The number of carbonyl (C=O) groups is 2. The number of pyridine rings is 1. The van der Waals surface area contributed by atoms with Crippen molar-refractivity contribution >= 4 is 24.3 Å². The molecule has 0 saturated heterocycles. The molecule has 24 heavy (non-hydrogen) atoms. The van der Waals surface area contributed by atoms with Crippen LogP contribution in [0.3, 0.4) is 0 Å². The van der Waals surface area contributed by atoms with Gasteiger partial charge in [0, 0.05) is 11.8 Å². The van der Waals surface area contributed by atoms with Crippen LogP contribution in [0.1, 0.15) is 39.4 Å². The second-order valence-corrected chi connectivity index (χ2v) is 6.08. The highest BCUT2D eigenvalue weighted by Crippen LogP contribution is 2.31. The maximum Gasteiger partial charge on any atom is 0.413 e. The lowest BCUT2D eigenvalue weighted by Gasteiger charge is -2.21. The maximum absolute atomic E-state index is 12.0. The Morgan fingerprint density at radius 3 is 2.79 bits per heavy atom. The Labute approximate surface area is 140 Å². The van der Waals surface area contributed by atoms with Crippen LogP contribution < -0.4 is 5.32 Å². The van der Waals surface area contributed by atoms with E-state index in [0.717, 1.165) is 0 Å². The lowest BCUT2D eigenvalue weighted by molar-refractivity contribution is -0.146. The molecule has 2 rings (SSSR count). The molecular formula is C16H21N3O5. The monoisotopic (exact) mass is 335 g/mol. The molecule has 0 fully saturated rings. The number of carbonyl (C=O) groups excluding carboxylic acids is 2. The van der Waals surface area contributed by atoms with Gasteiger partial charge in [0.05, 0.1) is 6.61 Å². The van der Waals surface area contributed by atoms with Crippen LogP contribution in [-0.4, -0.2) is 41.7 Å². The average molecular weight is 335 g/mol. The molecule has 1 aliphatic heterocycles. The average Bonchev–Trinajstić information content (AvgIpc) is 2.95. The lowest BCUT2D eigenvalue weighted by Crippen LogP contribution is -2.30. The van der Waals surface area contributed by atoms with Gasteiger partial charge in [0.2, 0.25) is 0 Å². The Balaban J connectivity index is 2.19. The van der Waals surface area contributed by atoms with Crippen LogP contribution in [0.15, 0.2) is 23.3 Å². The third-order valence-electron chi connectivity index (χ3n) is 3.01. The first kappa shape index (κ1) is 17.7. The zero-order chi connectivity index (χ0) is 17.7. The topological polar surface area (TPSA) is 99.1 Å². The zero-order valence-electron chi connectivity index (χ0n) is 14.1. The summed E-state index contributed by atoms with van der Waals surface area (Å²) in [5.74, 6) is -0.250. The minimum absolute atomic E-state index is 0.244. The van der Waals surface area contributed by atoms with Crippen LogP contribution in [0.4, 0.5) is 10.6 Å². The van der Waals surface area contributed by atoms with Crippen LogP contribution in [0.5, 0.6) is 0 Å². The van der Waals surface area contributed by atoms with Gasteiger partial charge >= 0.3 is 12.1 Å². The number of hydrogen-bond acceptors (Lipinski definition) is 7. The van der Waals surface area contributed by atoms with Gasteiger partial charge in [-0.05, 0) is 39.8 Å². The lowest BCUT2D eigenvalue weighted by atomic mass is 10.0. The fraction of sp³-hybridized carbons (Fsp3) is 0.500. The van der Waals surface area contributed by atoms with Crippen molar-refractivity contribution in [3.05, 3.63) is 23.9 Å². The second kappa shape index (κ2) is 7.29. The first-order chi connectivity index (χ1) is 11.3. The van der Waals surface area contributed by atoms with Gasteiger partial charge in [-0.1, -0.05) is 0 Å². The van der Waals surface area contributed by atoms with Gasteiger partial charge in [0.1, 0.15) is 11.4 Å². The highest BCUT2D eigenvalue weighted by Gasteiger charge is 2.37. The van der Waals surface area contributed by atoms with E-state index in [4.69, 9.17) is 14.2 Å². The van der Waals surface area contributed by atoms with Crippen molar-refractivity contribution in [3.63, 3.8) is 0 Å². The number of anilines is 1. The van der Waals surface area contributed by atoms with Gasteiger partial charge in [-0.3, -0.25) is 5.32 Å². The van der Waals surface area contributed by atoms with E-state index in [1.165, 1.54) is 12.6 Å². The van der Waals surface area contributed by atoms with Crippen molar-refractivity contribution in [2.45, 2.75) is 45.4 Å². The first-order valence-electron chi connectivity index (χ1n) is 7.60. The largest absolute Gasteiger partial charge is 0.473 e. The van der Waals surface area contributed by atoms with Gasteiger partial charge in [-0.15, -0.1) is 0 Å². The van der Waals surface area contributed by atoms with Crippen molar-refractivity contribution in [3.8, 4) is 0 Å². The van der Waals surface area contributed by atoms with E-state index in [0.29, 0.717) is 5.56 Å². The standard InChI is InChI=1S/C16H21N3O5/c1-5-22-14(20)11-12(23-9-18-11)10-7-6-8-17-13(10)19-15(21)24-16(2,3)4/h6-9,11-12H,5H2,1-4H3,(H,17,19,21)/t11-,12-/m0/s1. The van der Waals surface area contributed by atoms with Crippen LogP contribution in [0.25, 0.3) is 0 Å². The molecule has 2 heterocycles. The minimum Gasteiger partial charge on any atom is -0.473 e.